The Morgan fingerprint density at radius 2 is 2.00 bits per heavy atom. The molecule has 0 fully saturated rings. The zero-order valence-electron chi connectivity index (χ0n) is 9.22. The molecule has 0 saturated carbocycles. The van der Waals surface area contributed by atoms with E-state index in [9.17, 15) is 9.18 Å². The van der Waals surface area contributed by atoms with Crippen LogP contribution in [0.15, 0.2) is 46.7 Å². The fourth-order valence-electron chi connectivity index (χ4n) is 1.35. The minimum absolute atomic E-state index is 0.0372. The summed E-state index contributed by atoms with van der Waals surface area (Å²) >= 11 is 1.43. The van der Waals surface area contributed by atoms with Crippen LogP contribution >= 0.6 is 21.8 Å². The lowest BCUT2D eigenvalue weighted by molar-refractivity contribution is 0.107. The molecule has 0 radical (unpaired) electrons. The molecule has 0 aliphatic heterocycles. The van der Waals surface area contributed by atoms with Crippen LogP contribution in [0.25, 0.3) is 0 Å². The Morgan fingerprint density at radius 1 is 1.29 bits per heavy atom. The number of rotatable bonds is 3. The van der Waals surface area contributed by atoms with Crippen molar-refractivity contribution in [3.63, 3.8) is 0 Å². The van der Waals surface area contributed by atoms with Gasteiger partial charge in [-0.2, -0.15) is 10.5 Å². The Kier molecular flexibility index (Phi) is 3.86. The first-order chi connectivity index (χ1) is 8.16. The van der Waals surface area contributed by atoms with Crippen molar-refractivity contribution in [3.05, 3.63) is 52.5 Å². The summed E-state index contributed by atoms with van der Waals surface area (Å²) in [7, 11) is -0.291. The van der Waals surface area contributed by atoms with Gasteiger partial charge in [-0.1, -0.05) is 6.07 Å². The fraction of sp³-hybridized carbons (Fsp3) is 0.0769. The van der Waals surface area contributed by atoms with Crippen molar-refractivity contribution in [3.8, 4) is 0 Å². The van der Waals surface area contributed by atoms with E-state index in [0.29, 0.717) is 0 Å². The maximum atomic E-state index is 12.8. The summed E-state index contributed by atoms with van der Waals surface area (Å²) in [4.78, 5) is 13.6. The van der Waals surface area contributed by atoms with E-state index < -0.39 is 0 Å². The quantitative estimate of drug-likeness (QED) is 0.609. The van der Waals surface area contributed by atoms with Crippen LogP contribution < -0.4 is 0 Å². The molecule has 2 aromatic rings. The molecule has 0 saturated heterocycles. The Hall–Kier alpha value is -1.26. The van der Waals surface area contributed by atoms with Crippen LogP contribution in [0.3, 0.4) is 0 Å². The van der Waals surface area contributed by atoms with E-state index in [1.807, 2.05) is 23.8 Å². The maximum Gasteiger partial charge on any atom is 0.201 e. The minimum Gasteiger partial charge on any atom is -0.288 e. The van der Waals surface area contributed by atoms with E-state index in [0.717, 1.165) is 9.77 Å². The van der Waals surface area contributed by atoms with Crippen LogP contribution in [0.5, 0.6) is 0 Å². The summed E-state index contributed by atoms with van der Waals surface area (Å²) in [5.74, 6) is -0.217. The monoisotopic (exact) mass is 266 g/mol. The number of ketones is 1. The lowest BCUT2D eigenvalue weighted by Crippen LogP contribution is -1.97. The summed E-state index contributed by atoms with van der Waals surface area (Å²) < 4.78 is 12.8. The molecular formula is C13H11FOS2. The highest BCUT2D eigenvalue weighted by Crippen LogP contribution is 2.23. The van der Waals surface area contributed by atoms with Gasteiger partial charge < -0.3 is 0 Å². The van der Waals surface area contributed by atoms with Crippen molar-refractivity contribution in [2.45, 2.75) is 4.90 Å². The van der Waals surface area contributed by atoms with E-state index in [1.54, 1.807) is 17.5 Å². The predicted molar refractivity (Wildman–Crippen MR) is 72.9 cm³/mol. The SMILES string of the molecule is C/S(=C\C(=O)c1cccs1)c1ccc(F)cc1. The van der Waals surface area contributed by atoms with Crippen molar-refractivity contribution in [1.82, 2.24) is 0 Å². The van der Waals surface area contributed by atoms with Crippen LogP contribution in [-0.2, 0) is 0 Å². The van der Waals surface area contributed by atoms with Crippen molar-refractivity contribution in [2.75, 3.05) is 6.26 Å². The van der Waals surface area contributed by atoms with Crippen LogP contribution in [0.2, 0.25) is 0 Å². The van der Waals surface area contributed by atoms with Gasteiger partial charge in [-0.25, -0.2) is 4.39 Å². The van der Waals surface area contributed by atoms with Gasteiger partial charge in [-0.3, -0.25) is 4.79 Å². The lowest BCUT2D eigenvalue weighted by Gasteiger charge is -2.02. The molecule has 88 valence electrons. The number of halogens is 1. The van der Waals surface area contributed by atoms with E-state index >= 15 is 0 Å². The van der Waals surface area contributed by atoms with E-state index in [1.165, 1.54) is 23.5 Å². The average Bonchev–Trinajstić information content (AvgIpc) is 2.83. The third kappa shape index (κ3) is 3.11. The molecule has 0 aliphatic carbocycles. The number of thiophene rings is 1. The molecule has 0 amide bonds. The Morgan fingerprint density at radius 3 is 2.59 bits per heavy atom. The topological polar surface area (TPSA) is 17.1 Å². The summed E-state index contributed by atoms with van der Waals surface area (Å²) in [6.45, 7) is 0. The van der Waals surface area contributed by atoms with Gasteiger partial charge in [0.05, 0.1) is 4.88 Å². The van der Waals surface area contributed by atoms with Gasteiger partial charge in [-0.15, -0.1) is 11.3 Å². The molecule has 0 aliphatic rings. The minimum atomic E-state index is -0.291. The highest BCUT2D eigenvalue weighted by Gasteiger charge is 2.04. The van der Waals surface area contributed by atoms with Crippen LogP contribution in [0, 0.1) is 5.82 Å². The normalized spacial score (nSPS) is 12.6. The molecule has 1 atom stereocenters. The Balaban J connectivity index is 2.22. The summed E-state index contributed by atoms with van der Waals surface area (Å²) in [6.07, 6.45) is 1.96. The van der Waals surface area contributed by atoms with Crippen molar-refractivity contribution >= 4 is 33.0 Å². The average molecular weight is 266 g/mol. The molecule has 17 heavy (non-hydrogen) atoms. The number of Topliss-reactive ketones (excluding diaryl/α,β-unsaturated/α-hetero) is 1. The summed E-state index contributed by atoms with van der Waals surface area (Å²) in [5.41, 5.74) is 0. The van der Waals surface area contributed by atoms with Crippen LogP contribution in [0.4, 0.5) is 4.39 Å². The van der Waals surface area contributed by atoms with Crippen LogP contribution in [0.1, 0.15) is 9.67 Å². The molecule has 0 N–H and O–H groups in total. The molecule has 4 heteroatoms. The predicted octanol–water partition coefficient (Wildman–Crippen LogP) is 3.83. The first-order valence-electron chi connectivity index (χ1n) is 5.00. The van der Waals surface area contributed by atoms with Gasteiger partial charge in [0, 0.05) is 10.3 Å². The number of hydrogen-bond acceptors (Lipinski definition) is 2. The van der Waals surface area contributed by atoms with E-state index in [4.69, 9.17) is 0 Å². The summed E-state index contributed by atoms with van der Waals surface area (Å²) in [6, 6.07) is 9.95. The zero-order chi connectivity index (χ0) is 12.3. The largest absolute Gasteiger partial charge is 0.288 e. The summed E-state index contributed by atoms with van der Waals surface area (Å²) in [5, 5.41) is 3.58. The third-order valence-corrected chi connectivity index (χ3v) is 4.70. The molecule has 1 aromatic heterocycles. The first-order valence-corrected chi connectivity index (χ1v) is 7.57. The number of hydrogen-bond donors (Lipinski definition) is 0. The highest BCUT2D eigenvalue weighted by molar-refractivity contribution is 8.15. The van der Waals surface area contributed by atoms with Gasteiger partial charge >= 0.3 is 0 Å². The van der Waals surface area contributed by atoms with E-state index in [-0.39, 0.29) is 22.1 Å². The van der Waals surface area contributed by atoms with Crippen molar-refractivity contribution in [1.29, 1.82) is 0 Å². The van der Waals surface area contributed by atoms with Crippen molar-refractivity contribution in [2.24, 2.45) is 0 Å². The molecule has 1 heterocycles. The smallest absolute Gasteiger partial charge is 0.201 e. The van der Waals surface area contributed by atoms with Gasteiger partial charge in [-0.05, 0) is 42.0 Å². The van der Waals surface area contributed by atoms with Gasteiger partial charge in [0.2, 0.25) is 5.78 Å². The van der Waals surface area contributed by atoms with Gasteiger partial charge in [0.1, 0.15) is 5.82 Å². The fourth-order valence-corrected chi connectivity index (χ4v) is 3.21. The zero-order valence-corrected chi connectivity index (χ0v) is 10.9. The molecule has 1 nitrogen and oxygen atoms in total. The highest BCUT2D eigenvalue weighted by atomic mass is 32.2. The molecule has 2 rings (SSSR count). The number of carbonyl (C=O) groups is 1. The number of benzene rings is 1. The molecular weight excluding hydrogens is 255 g/mol. The number of carbonyl (C=O) groups excluding carboxylic acids is 1. The second-order valence-electron chi connectivity index (χ2n) is 3.47. The second kappa shape index (κ2) is 5.38. The first kappa shape index (κ1) is 12.2. The van der Waals surface area contributed by atoms with Crippen LogP contribution in [-0.4, -0.2) is 17.4 Å². The third-order valence-electron chi connectivity index (χ3n) is 2.23. The van der Waals surface area contributed by atoms with Gasteiger partial charge in [0.15, 0.2) is 0 Å². The lowest BCUT2D eigenvalue weighted by atomic mass is 10.3. The van der Waals surface area contributed by atoms with E-state index in [2.05, 4.69) is 0 Å². The second-order valence-corrected chi connectivity index (χ2v) is 6.24. The molecule has 0 spiro atoms. The molecule has 1 unspecified atom stereocenters. The maximum absolute atomic E-state index is 12.8. The Labute approximate surface area is 106 Å². The molecule has 0 bridgehead atoms. The van der Waals surface area contributed by atoms with Gasteiger partial charge in [0.25, 0.3) is 0 Å². The standard InChI is InChI=1S/C13H11FOS2/c1-17(11-6-4-10(14)5-7-11)9-12(15)13-3-2-8-16-13/h2-9H,1H3. The van der Waals surface area contributed by atoms with Crippen molar-refractivity contribution < 1.29 is 9.18 Å². The Bertz CT molecular complexity index is 541. The molecule has 1 aromatic carbocycles.